The SMILES string of the molecule is O=C1[C@@H]2CCCN2C(=S)N1Cc1ccco1. The van der Waals surface area contributed by atoms with E-state index in [1.165, 1.54) is 0 Å². The molecule has 3 rings (SSSR count). The Balaban J connectivity index is 1.81. The maximum Gasteiger partial charge on any atom is 0.251 e. The van der Waals surface area contributed by atoms with Crippen LogP contribution in [0.2, 0.25) is 0 Å². The highest BCUT2D eigenvalue weighted by Gasteiger charge is 2.44. The van der Waals surface area contributed by atoms with Crippen molar-refractivity contribution in [2.24, 2.45) is 0 Å². The number of rotatable bonds is 2. The summed E-state index contributed by atoms with van der Waals surface area (Å²) in [5, 5.41) is 0.656. The second-order valence-electron chi connectivity index (χ2n) is 4.14. The van der Waals surface area contributed by atoms with Gasteiger partial charge in [0.05, 0.1) is 12.8 Å². The van der Waals surface area contributed by atoms with E-state index in [2.05, 4.69) is 0 Å². The van der Waals surface area contributed by atoms with Crippen LogP contribution in [0, 0.1) is 0 Å². The zero-order valence-corrected chi connectivity index (χ0v) is 9.57. The van der Waals surface area contributed by atoms with E-state index in [9.17, 15) is 4.79 Å². The summed E-state index contributed by atoms with van der Waals surface area (Å²) >= 11 is 5.32. The molecule has 4 nitrogen and oxygen atoms in total. The molecule has 3 heterocycles. The highest BCUT2D eigenvalue weighted by Crippen LogP contribution is 2.28. The molecule has 1 aromatic heterocycles. The van der Waals surface area contributed by atoms with Crippen molar-refractivity contribution in [1.82, 2.24) is 9.80 Å². The monoisotopic (exact) mass is 236 g/mol. The van der Waals surface area contributed by atoms with Crippen LogP contribution in [0.4, 0.5) is 0 Å². The number of furan rings is 1. The van der Waals surface area contributed by atoms with Crippen molar-refractivity contribution < 1.29 is 9.21 Å². The summed E-state index contributed by atoms with van der Waals surface area (Å²) < 4.78 is 5.24. The lowest BCUT2D eigenvalue weighted by Gasteiger charge is -2.17. The number of amides is 1. The van der Waals surface area contributed by atoms with Gasteiger partial charge in [-0.2, -0.15) is 0 Å². The minimum atomic E-state index is -0.0116. The van der Waals surface area contributed by atoms with E-state index in [-0.39, 0.29) is 11.9 Å². The molecule has 0 spiro atoms. The third-order valence-electron chi connectivity index (χ3n) is 3.17. The highest BCUT2D eigenvalue weighted by molar-refractivity contribution is 7.80. The Hall–Kier alpha value is -1.36. The summed E-state index contributed by atoms with van der Waals surface area (Å²) in [7, 11) is 0. The smallest absolute Gasteiger partial charge is 0.251 e. The van der Waals surface area contributed by atoms with E-state index < -0.39 is 0 Å². The summed E-state index contributed by atoms with van der Waals surface area (Å²) in [5.74, 6) is 0.899. The molecule has 1 atom stereocenters. The average molecular weight is 236 g/mol. The number of thiocarbonyl (C=S) groups is 1. The van der Waals surface area contributed by atoms with E-state index in [1.54, 1.807) is 11.2 Å². The average Bonchev–Trinajstić information content (AvgIpc) is 2.97. The van der Waals surface area contributed by atoms with Crippen LogP contribution in [0.3, 0.4) is 0 Å². The maximum absolute atomic E-state index is 12.1. The molecule has 0 N–H and O–H groups in total. The number of hydrogen-bond acceptors (Lipinski definition) is 3. The summed E-state index contributed by atoms with van der Waals surface area (Å²) in [6, 6.07) is 3.67. The highest BCUT2D eigenvalue weighted by atomic mass is 32.1. The predicted octanol–water partition coefficient (Wildman–Crippen LogP) is 1.37. The quantitative estimate of drug-likeness (QED) is 0.727. The topological polar surface area (TPSA) is 36.7 Å². The summed E-state index contributed by atoms with van der Waals surface area (Å²) in [4.78, 5) is 15.8. The normalized spacial score (nSPS) is 24.4. The van der Waals surface area contributed by atoms with Crippen LogP contribution in [-0.2, 0) is 11.3 Å². The fourth-order valence-corrected chi connectivity index (χ4v) is 2.76. The molecule has 0 unspecified atom stereocenters. The molecule has 1 amide bonds. The third kappa shape index (κ3) is 1.35. The minimum absolute atomic E-state index is 0.0116. The fourth-order valence-electron chi connectivity index (χ4n) is 2.39. The number of fused-ring (bicyclic) bond motifs is 1. The van der Waals surface area contributed by atoms with Gasteiger partial charge in [-0.25, -0.2) is 0 Å². The molecule has 16 heavy (non-hydrogen) atoms. The molecule has 2 aliphatic heterocycles. The first-order valence-electron chi connectivity index (χ1n) is 5.42. The van der Waals surface area contributed by atoms with E-state index in [1.807, 2.05) is 17.0 Å². The van der Waals surface area contributed by atoms with Gasteiger partial charge in [-0.3, -0.25) is 9.69 Å². The molecule has 0 bridgehead atoms. The number of hydrogen-bond donors (Lipinski definition) is 0. The third-order valence-corrected chi connectivity index (χ3v) is 3.63. The van der Waals surface area contributed by atoms with Crippen LogP contribution in [0.25, 0.3) is 0 Å². The molecule has 2 aliphatic rings. The Morgan fingerprint density at radius 1 is 1.56 bits per heavy atom. The molecular weight excluding hydrogens is 224 g/mol. The Kier molecular flexibility index (Phi) is 2.21. The number of nitrogens with zero attached hydrogens (tertiary/aromatic N) is 2. The lowest BCUT2D eigenvalue weighted by Crippen LogP contribution is -2.32. The van der Waals surface area contributed by atoms with E-state index in [4.69, 9.17) is 16.6 Å². The van der Waals surface area contributed by atoms with Crippen molar-refractivity contribution in [3.63, 3.8) is 0 Å². The fraction of sp³-hybridized carbons (Fsp3) is 0.455. The van der Waals surface area contributed by atoms with Gasteiger partial charge in [0.25, 0.3) is 5.91 Å². The van der Waals surface area contributed by atoms with Gasteiger partial charge < -0.3 is 9.32 Å². The van der Waals surface area contributed by atoms with E-state index in [0.717, 1.165) is 25.1 Å². The van der Waals surface area contributed by atoms with Crippen molar-refractivity contribution in [1.29, 1.82) is 0 Å². The largest absolute Gasteiger partial charge is 0.467 e. The second-order valence-corrected chi connectivity index (χ2v) is 4.50. The molecule has 0 saturated carbocycles. The zero-order chi connectivity index (χ0) is 11.1. The summed E-state index contributed by atoms with van der Waals surface area (Å²) in [5.41, 5.74) is 0. The van der Waals surface area contributed by atoms with Crippen LogP contribution in [0.1, 0.15) is 18.6 Å². The van der Waals surface area contributed by atoms with Crippen LogP contribution in [0.5, 0.6) is 0 Å². The molecule has 2 fully saturated rings. The van der Waals surface area contributed by atoms with E-state index >= 15 is 0 Å². The minimum Gasteiger partial charge on any atom is -0.467 e. The molecule has 0 radical (unpaired) electrons. The van der Waals surface area contributed by atoms with Gasteiger partial charge in [-0.05, 0) is 37.2 Å². The Morgan fingerprint density at radius 2 is 2.44 bits per heavy atom. The van der Waals surface area contributed by atoms with Gasteiger partial charge in [0.1, 0.15) is 11.8 Å². The first-order valence-corrected chi connectivity index (χ1v) is 5.82. The summed E-state index contributed by atoms with van der Waals surface area (Å²) in [6.07, 6.45) is 3.60. The van der Waals surface area contributed by atoms with Crippen LogP contribution in [0.15, 0.2) is 22.8 Å². The molecule has 84 valence electrons. The van der Waals surface area contributed by atoms with Crippen molar-refractivity contribution in [2.45, 2.75) is 25.4 Å². The number of carbonyl (C=O) groups is 1. The molecule has 1 aromatic rings. The predicted molar refractivity (Wildman–Crippen MR) is 61.6 cm³/mol. The molecular formula is C11H12N2O2S. The van der Waals surface area contributed by atoms with Crippen LogP contribution in [-0.4, -0.2) is 33.4 Å². The lowest BCUT2D eigenvalue weighted by atomic mass is 10.2. The van der Waals surface area contributed by atoms with Crippen molar-refractivity contribution in [3.8, 4) is 0 Å². The van der Waals surface area contributed by atoms with Crippen molar-refractivity contribution in [3.05, 3.63) is 24.2 Å². The van der Waals surface area contributed by atoms with Gasteiger partial charge in [-0.15, -0.1) is 0 Å². The van der Waals surface area contributed by atoms with Crippen LogP contribution < -0.4 is 0 Å². The lowest BCUT2D eigenvalue weighted by molar-refractivity contribution is -0.128. The van der Waals surface area contributed by atoms with Gasteiger partial charge in [0, 0.05) is 6.54 Å². The van der Waals surface area contributed by atoms with Gasteiger partial charge in [0.15, 0.2) is 5.11 Å². The first-order chi connectivity index (χ1) is 7.77. The van der Waals surface area contributed by atoms with Crippen LogP contribution >= 0.6 is 12.2 Å². The molecule has 5 heteroatoms. The molecule has 0 aromatic carbocycles. The summed E-state index contributed by atoms with van der Waals surface area (Å²) in [6.45, 7) is 1.36. The Labute approximate surface area is 98.8 Å². The van der Waals surface area contributed by atoms with Gasteiger partial charge in [0.2, 0.25) is 0 Å². The zero-order valence-electron chi connectivity index (χ0n) is 8.76. The Morgan fingerprint density at radius 3 is 3.12 bits per heavy atom. The first kappa shape index (κ1) is 9.84. The van der Waals surface area contributed by atoms with Crippen molar-refractivity contribution >= 4 is 23.2 Å². The van der Waals surface area contributed by atoms with E-state index in [0.29, 0.717) is 11.7 Å². The molecule has 2 saturated heterocycles. The second kappa shape index (κ2) is 3.59. The molecule has 0 aliphatic carbocycles. The Bertz CT molecular complexity index is 407. The van der Waals surface area contributed by atoms with Gasteiger partial charge >= 0.3 is 0 Å². The maximum atomic E-state index is 12.1. The standard InChI is InChI=1S/C11H12N2O2S/c14-10-9-4-1-5-12(9)11(16)13(10)7-8-3-2-6-15-8/h2-3,6,9H,1,4-5,7H2/t9-/m0/s1. The number of carbonyl (C=O) groups excluding carboxylic acids is 1. The van der Waals surface area contributed by atoms with Gasteiger partial charge in [-0.1, -0.05) is 0 Å². The van der Waals surface area contributed by atoms with Crippen molar-refractivity contribution in [2.75, 3.05) is 6.54 Å².